The van der Waals surface area contributed by atoms with Gasteiger partial charge in [0.2, 0.25) is 0 Å². The van der Waals surface area contributed by atoms with E-state index < -0.39 is 8.07 Å². The molecular weight excluding hydrogens is 364 g/mol. The molecule has 0 amide bonds. The van der Waals surface area contributed by atoms with Crippen molar-refractivity contribution in [2.75, 3.05) is 13.4 Å². The maximum Gasteiger partial charge on any atom is 0.189 e. The van der Waals surface area contributed by atoms with Gasteiger partial charge in [-0.25, -0.2) is 0 Å². The summed E-state index contributed by atoms with van der Waals surface area (Å²) in [6.45, 7) is 8.11. The molecule has 0 spiro atoms. The highest BCUT2D eigenvalue weighted by atomic mass is 79.9. The standard InChI is InChI=1S/C12H18Br2O2Si/c1-17(2,3)7-6-15-9-16-10-4-5-11(13)12(14)8-10/h4-5,8H,6-7,9H2,1-3H3. The van der Waals surface area contributed by atoms with E-state index >= 15 is 0 Å². The van der Waals surface area contributed by atoms with Crippen LogP contribution in [0.1, 0.15) is 0 Å². The first-order valence-electron chi connectivity index (χ1n) is 5.54. The minimum Gasteiger partial charge on any atom is -0.468 e. The molecule has 5 heteroatoms. The van der Waals surface area contributed by atoms with E-state index in [4.69, 9.17) is 9.47 Å². The lowest BCUT2D eigenvalue weighted by molar-refractivity contribution is 0.0220. The van der Waals surface area contributed by atoms with Gasteiger partial charge in [-0.2, -0.15) is 0 Å². The summed E-state index contributed by atoms with van der Waals surface area (Å²) in [5.74, 6) is 0.813. The van der Waals surface area contributed by atoms with Gasteiger partial charge in [-0.15, -0.1) is 0 Å². The van der Waals surface area contributed by atoms with E-state index in [1.54, 1.807) is 0 Å². The molecule has 96 valence electrons. The van der Waals surface area contributed by atoms with E-state index in [0.29, 0.717) is 6.79 Å². The average molecular weight is 382 g/mol. The minimum atomic E-state index is -0.997. The van der Waals surface area contributed by atoms with Crippen LogP contribution in [-0.4, -0.2) is 21.5 Å². The van der Waals surface area contributed by atoms with Crippen molar-refractivity contribution in [2.24, 2.45) is 0 Å². The molecule has 0 aliphatic rings. The molecule has 0 aliphatic carbocycles. The van der Waals surface area contributed by atoms with Crippen molar-refractivity contribution < 1.29 is 9.47 Å². The SMILES string of the molecule is C[Si](C)(C)CCOCOc1ccc(Br)c(Br)c1. The molecular formula is C12H18Br2O2Si. The molecule has 1 rings (SSSR count). The summed E-state index contributed by atoms with van der Waals surface area (Å²) in [5.41, 5.74) is 0. The van der Waals surface area contributed by atoms with E-state index in [9.17, 15) is 0 Å². The molecule has 0 N–H and O–H groups in total. The predicted molar refractivity (Wildman–Crippen MR) is 81.4 cm³/mol. The average Bonchev–Trinajstić information content (AvgIpc) is 2.21. The van der Waals surface area contributed by atoms with Crippen LogP contribution in [0.15, 0.2) is 27.1 Å². The first-order chi connectivity index (χ1) is 7.88. The Morgan fingerprint density at radius 2 is 1.82 bits per heavy atom. The highest BCUT2D eigenvalue weighted by molar-refractivity contribution is 9.13. The van der Waals surface area contributed by atoms with Crippen LogP contribution in [0.3, 0.4) is 0 Å². The van der Waals surface area contributed by atoms with Crippen LogP contribution in [0.5, 0.6) is 5.75 Å². The molecule has 1 aromatic rings. The predicted octanol–water partition coefficient (Wildman–Crippen LogP) is 4.90. The number of ether oxygens (including phenoxy) is 2. The molecule has 1 aromatic carbocycles. The molecule has 17 heavy (non-hydrogen) atoms. The molecule has 0 atom stereocenters. The lowest BCUT2D eigenvalue weighted by atomic mass is 10.3. The Hall–Kier alpha value is 0.157. The molecule has 0 unspecified atom stereocenters. The quantitative estimate of drug-likeness (QED) is 0.396. The molecule has 0 saturated heterocycles. The van der Waals surface area contributed by atoms with E-state index in [-0.39, 0.29) is 0 Å². The Kier molecular flexibility index (Phi) is 6.20. The summed E-state index contributed by atoms with van der Waals surface area (Å²) in [5, 5.41) is 0. The summed E-state index contributed by atoms with van der Waals surface area (Å²) in [6, 6.07) is 6.95. The number of halogens is 2. The third-order valence-electron chi connectivity index (χ3n) is 2.20. The van der Waals surface area contributed by atoms with Gasteiger partial charge in [-0.1, -0.05) is 19.6 Å². The number of hydrogen-bond acceptors (Lipinski definition) is 2. The lowest BCUT2D eigenvalue weighted by Crippen LogP contribution is -2.22. The maximum absolute atomic E-state index is 5.50. The number of benzene rings is 1. The second-order valence-corrected chi connectivity index (χ2v) is 12.4. The van der Waals surface area contributed by atoms with Gasteiger partial charge in [0, 0.05) is 23.6 Å². The third kappa shape index (κ3) is 6.60. The van der Waals surface area contributed by atoms with E-state index in [1.165, 1.54) is 6.04 Å². The van der Waals surface area contributed by atoms with Crippen molar-refractivity contribution in [3.8, 4) is 5.75 Å². The van der Waals surface area contributed by atoms with Gasteiger partial charge in [-0.05, 0) is 56.1 Å². The fourth-order valence-electron chi connectivity index (χ4n) is 1.11. The van der Waals surface area contributed by atoms with E-state index in [0.717, 1.165) is 21.3 Å². The Bertz CT molecular complexity index is 364. The molecule has 0 aromatic heterocycles. The largest absolute Gasteiger partial charge is 0.468 e. The summed E-state index contributed by atoms with van der Waals surface area (Å²) < 4.78 is 13.0. The molecule has 0 aliphatic heterocycles. The number of hydrogen-bond donors (Lipinski definition) is 0. The highest BCUT2D eigenvalue weighted by Crippen LogP contribution is 2.27. The van der Waals surface area contributed by atoms with E-state index in [2.05, 4.69) is 51.5 Å². The normalized spacial score (nSPS) is 11.6. The summed E-state index contributed by atoms with van der Waals surface area (Å²) in [6.07, 6.45) is 0. The zero-order chi connectivity index (χ0) is 12.9. The van der Waals surface area contributed by atoms with Gasteiger partial charge < -0.3 is 9.47 Å². The maximum atomic E-state index is 5.50. The molecule has 2 nitrogen and oxygen atoms in total. The topological polar surface area (TPSA) is 18.5 Å². The zero-order valence-electron chi connectivity index (χ0n) is 10.4. The minimum absolute atomic E-state index is 0.318. The van der Waals surface area contributed by atoms with Crippen LogP contribution in [0.25, 0.3) is 0 Å². The highest BCUT2D eigenvalue weighted by Gasteiger charge is 2.11. The second kappa shape index (κ2) is 6.92. The second-order valence-electron chi connectivity index (χ2n) is 5.06. The third-order valence-corrected chi connectivity index (χ3v) is 5.78. The van der Waals surface area contributed by atoms with Gasteiger partial charge in [-0.3, -0.25) is 0 Å². The van der Waals surface area contributed by atoms with Gasteiger partial charge in [0.1, 0.15) is 5.75 Å². The molecule has 0 heterocycles. The zero-order valence-corrected chi connectivity index (χ0v) is 14.6. The Morgan fingerprint density at radius 1 is 1.12 bits per heavy atom. The van der Waals surface area contributed by atoms with Gasteiger partial charge >= 0.3 is 0 Å². The van der Waals surface area contributed by atoms with Crippen LogP contribution in [0.2, 0.25) is 25.7 Å². The van der Waals surface area contributed by atoms with Gasteiger partial charge in [0.25, 0.3) is 0 Å². The Morgan fingerprint density at radius 3 is 2.41 bits per heavy atom. The Balaban J connectivity index is 2.25. The van der Waals surface area contributed by atoms with Crippen molar-refractivity contribution in [3.05, 3.63) is 27.1 Å². The van der Waals surface area contributed by atoms with Crippen molar-refractivity contribution >= 4 is 39.9 Å². The van der Waals surface area contributed by atoms with Crippen LogP contribution in [0.4, 0.5) is 0 Å². The first kappa shape index (κ1) is 15.2. The number of rotatable bonds is 6. The van der Waals surface area contributed by atoms with Gasteiger partial charge in [0.05, 0.1) is 0 Å². The lowest BCUT2D eigenvalue weighted by Gasteiger charge is -2.15. The summed E-state index contributed by atoms with van der Waals surface area (Å²) in [4.78, 5) is 0. The van der Waals surface area contributed by atoms with E-state index in [1.807, 2.05) is 18.2 Å². The van der Waals surface area contributed by atoms with Crippen molar-refractivity contribution in [3.63, 3.8) is 0 Å². The van der Waals surface area contributed by atoms with Crippen LogP contribution < -0.4 is 4.74 Å². The van der Waals surface area contributed by atoms with Crippen molar-refractivity contribution in [2.45, 2.75) is 25.7 Å². The summed E-state index contributed by atoms with van der Waals surface area (Å²) >= 11 is 6.85. The molecule has 0 bridgehead atoms. The molecule has 0 fully saturated rings. The molecule has 0 saturated carbocycles. The van der Waals surface area contributed by atoms with Crippen molar-refractivity contribution in [1.82, 2.24) is 0 Å². The Labute approximate surface area is 121 Å². The monoisotopic (exact) mass is 380 g/mol. The van der Waals surface area contributed by atoms with Gasteiger partial charge in [0.15, 0.2) is 6.79 Å². The smallest absolute Gasteiger partial charge is 0.189 e. The van der Waals surface area contributed by atoms with Crippen molar-refractivity contribution in [1.29, 1.82) is 0 Å². The van der Waals surface area contributed by atoms with Crippen LogP contribution in [-0.2, 0) is 4.74 Å². The first-order valence-corrected chi connectivity index (χ1v) is 10.8. The molecule has 0 radical (unpaired) electrons. The fraction of sp³-hybridized carbons (Fsp3) is 0.500. The van der Waals surface area contributed by atoms with Crippen LogP contribution in [0, 0.1) is 0 Å². The summed E-state index contributed by atoms with van der Waals surface area (Å²) in [7, 11) is -0.997. The fourth-order valence-corrected chi connectivity index (χ4v) is 2.47. The van der Waals surface area contributed by atoms with Crippen LogP contribution >= 0.6 is 31.9 Å².